The second kappa shape index (κ2) is 3.13. The topological polar surface area (TPSA) is 94.8 Å². The Balaban J connectivity index is 2.08. The summed E-state index contributed by atoms with van der Waals surface area (Å²) in [5, 5.41) is 11.1. The summed E-state index contributed by atoms with van der Waals surface area (Å²) in [5.41, 5.74) is 7.87. The first-order valence-electron chi connectivity index (χ1n) is 5.06. The molecule has 0 bridgehead atoms. The Morgan fingerprint density at radius 2 is 2.12 bits per heavy atom. The highest BCUT2D eigenvalue weighted by Gasteiger charge is 2.27. The van der Waals surface area contributed by atoms with Crippen LogP contribution in [0.4, 0.5) is 11.6 Å². The van der Waals surface area contributed by atoms with E-state index in [4.69, 9.17) is 11.6 Å². The predicted octanol–water partition coefficient (Wildman–Crippen LogP) is 0.131. The first-order valence-corrected chi connectivity index (χ1v) is 5.06. The smallest absolute Gasteiger partial charge is 0.240 e. The summed E-state index contributed by atoms with van der Waals surface area (Å²) in [6.45, 7) is 0.772. The lowest BCUT2D eigenvalue weighted by Gasteiger charge is -2.08. The van der Waals surface area contributed by atoms with Gasteiger partial charge in [-0.3, -0.25) is 0 Å². The van der Waals surface area contributed by atoms with E-state index in [0.717, 1.165) is 12.2 Å². The molecule has 0 saturated carbocycles. The second-order valence-electron chi connectivity index (χ2n) is 3.81. The molecule has 1 aliphatic heterocycles. The van der Waals surface area contributed by atoms with Crippen molar-refractivity contribution in [3.05, 3.63) is 35.7 Å². The zero-order chi connectivity index (χ0) is 11.1. The third kappa shape index (κ3) is 1.13. The molecule has 0 spiro atoms. The van der Waals surface area contributed by atoms with Crippen LogP contribution in [0.15, 0.2) is 24.3 Å². The number of nitrogens with zero attached hydrogens (tertiary/aromatic N) is 3. The molecule has 1 atom stereocenters. The zero-order valence-corrected chi connectivity index (χ0v) is 8.59. The number of aromatic nitrogens is 3. The first kappa shape index (κ1) is 9.02. The fourth-order valence-corrected chi connectivity index (χ4v) is 2.07. The molecule has 6 heteroatoms. The van der Waals surface area contributed by atoms with Crippen LogP contribution in [0.2, 0.25) is 0 Å². The molecule has 2 heterocycles. The van der Waals surface area contributed by atoms with Crippen molar-refractivity contribution < 1.29 is 0 Å². The number of nitrogens with one attached hydrogen (secondary N) is 1. The summed E-state index contributed by atoms with van der Waals surface area (Å²) in [5.74, 6) is 6.82. The monoisotopic (exact) mass is 216 g/mol. The largest absolute Gasteiger partial charge is 0.384 e. The number of nitrogen functional groups attached to an aromatic ring is 2. The molecule has 3 rings (SSSR count). The Morgan fingerprint density at radius 1 is 1.31 bits per heavy atom. The maximum absolute atomic E-state index is 5.78. The molecule has 0 fully saturated rings. The number of rotatable bonds is 1. The summed E-state index contributed by atoms with van der Waals surface area (Å²) in [6.07, 6.45) is 0. The molecular formula is C10H12N6. The predicted molar refractivity (Wildman–Crippen MR) is 61.4 cm³/mol. The van der Waals surface area contributed by atoms with Gasteiger partial charge in [-0.15, -0.1) is 10.2 Å². The number of benzene rings is 1. The molecule has 0 radical (unpaired) electrons. The quantitative estimate of drug-likeness (QED) is 0.589. The summed E-state index contributed by atoms with van der Waals surface area (Å²) >= 11 is 0. The average Bonchev–Trinajstić information content (AvgIpc) is 2.85. The van der Waals surface area contributed by atoms with Crippen molar-refractivity contribution in [2.24, 2.45) is 0 Å². The van der Waals surface area contributed by atoms with Gasteiger partial charge in [0.2, 0.25) is 5.95 Å². The van der Waals surface area contributed by atoms with E-state index >= 15 is 0 Å². The third-order valence-electron chi connectivity index (χ3n) is 2.89. The molecule has 0 saturated heterocycles. The second-order valence-corrected chi connectivity index (χ2v) is 3.81. The molecule has 1 aliphatic rings. The molecule has 0 aliphatic carbocycles. The zero-order valence-electron chi connectivity index (χ0n) is 8.59. The van der Waals surface area contributed by atoms with Crippen LogP contribution in [0.3, 0.4) is 0 Å². The maximum atomic E-state index is 5.78. The van der Waals surface area contributed by atoms with Gasteiger partial charge in [-0.05, 0) is 11.6 Å². The van der Waals surface area contributed by atoms with Crippen LogP contribution in [0.5, 0.6) is 0 Å². The highest BCUT2D eigenvalue weighted by molar-refractivity contribution is 5.59. The van der Waals surface area contributed by atoms with Crippen LogP contribution in [-0.4, -0.2) is 21.4 Å². The van der Waals surface area contributed by atoms with Crippen molar-refractivity contribution in [1.82, 2.24) is 14.9 Å². The van der Waals surface area contributed by atoms with Crippen LogP contribution in [0.1, 0.15) is 17.3 Å². The van der Waals surface area contributed by atoms with E-state index < -0.39 is 0 Å². The Morgan fingerprint density at radius 3 is 2.88 bits per heavy atom. The van der Waals surface area contributed by atoms with Gasteiger partial charge in [0.25, 0.3) is 0 Å². The number of anilines is 2. The van der Waals surface area contributed by atoms with E-state index in [0.29, 0.717) is 5.82 Å². The van der Waals surface area contributed by atoms with E-state index in [1.807, 2.05) is 18.2 Å². The van der Waals surface area contributed by atoms with Crippen molar-refractivity contribution in [2.45, 2.75) is 5.92 Å². The van der Waals surface area contributed by atoms with E-state index in [1.165, 1.54) is 10.2 Å². The van der Waals surface area contributed by atoms with E-state index in [1.54, 1.807) is 0 Å². The number of nitrogens with two attached hydrogens (primary N) is 2. The molecule has 0 amide bonds. The lowest BCUT2D eigenvalue weighted by molar-refractivity contribution is 0.762. The normalized spacial score (nSPS) is 18.1. The molecule has 82 valence electrons. The third-order valence-corrected chi connectivity index (χ3v) is 2.89. The minimum absolute atomic E-state index is 0.117. The van der Waals surface area contributed by atoms with Gasteiger partial charge in [-0.1, -0.05) is 18.2 Å². The lowest BCUT2D eigenvalue weighted by atomic mass is 10.0. The van der Waals surface area contributed by atoms with Crippen LogP contribution in [0, 0.1) is 0 Å². The molecular weight excluding hydrogens is 204 g/mol. The van der Waals surface area contributed by atoms with Gasteiger partial charge >= 0.3 is 0 Å². The van der Waals surface area contributed by atoms with Gasteiger partial charge in [0.05, 0.1) is 5.92 Å². The average molecular weight is 216 g/mol. The van der Waals surface area contributed by atoms with Gasteiger partial charge in [0, 0.05) is 12.2 Å². The number of para-hydroxylation sites is 1. The highest BCUT2D eigenvalue weighted by Crippen LogP contribution is 2.34. The van der Waals surface area contributed by atoms with Crippen molar-refractivity contribution in [1.29, 1.82) is 0 Å². The SMILES string of the molecule is Nc1nnc(C2CNc3ccccc32)n1N. The molecule has 1 unspecified atom stereocenters. The lowest BCUT2D eigenvalue weighted by Crippen LogP contribution is -2.19. The minimum Gasteiger partial charge on any atom is -0.384 e. The van der Waals surface area contributed by atoms with E-state index in [-0.39, 0.29) is 11.9 Å². The van der Waals surface area contributed by atoms with Crippen molar-refractivity contribution in [3.63, 3.8) is 0 Å². The minimum atomic E-state index is 0.117. The van der Waals surface area contributed by atoms with Crippen molar-refractivity contribution in [2.75, 3.05) is 23.4 Å². The van der Waals surface area contributed by atoms with E-state index in [2.05, 4.69) is 21.6 Å². The van der Waals surface area contributed by atoms with Crippen molar-refractivity contribution >= 4 is 11.6 Å². The molecule has 1 aromatic carbocycles. The first-order chi connectivity index (χ1) is 7.77. The van der Waals surface area contributed by atoms with Crippen LogP contribution < -0.4 is 16.9 Å². The van der Waals surface area contributed by atoms with Gasteiger partial charge in [0.1, 0.15) is 0 Å². The Bertz CT molecular complexity index is 532. The Hall–Kier alpha value is -2.24. The Labute approximate surface area is 92.2 Å². The van der Waals surface area contributed by atoms with Gasteiger partial charge in [-0.2, -0.15) is 0 Å². The number of hydrogen-bond donors (Lipinski definition) is 3. The van der Waals surface area contributed by atoms with Crippen molar-refractivity contribution in [3.8, 4) is 0 Å². The van der Waals surface area contributed by atoms with Crippen LogP contribution in [-0.2, 0) is 0 Å². The number of hydrogen-bond acceptors (Lipinski definition) is 5. The number of fused-ring (bicyclic) bond motifs is 1. The van der Waals surface area contributed by atoms with E-state index in [9.17, 15) is 0 Å². The fourth-order valence-electron chi connectivity index (χ4n) is 2.07. The molecule has 6 nitrogen and oxygen atoms in total. The molecule has 1 aromatic heterocycles. The van der Waals surface area contributed by atoms with Gasteiger partial charge in [0.15, 0.2) is 5.82 Å². The maximum Gasteiger partial charge on any atom is 0.240 e. The fraction of sp³-hybridized carbons (Fsp3) is 0.200. The molecule has 16 heavy (non-hydrogen) atoms. The molecule has 2 aromatic rings. The highest BCUT2D eigenvalue weighted by atomic mass is 15.4. The molecule has 5 N–H and O–H groups in total. The summed E-state index contributed by atoms with van der Waals surface area (Å²) in [7, 11) is 0. The van der Waals surface area contributed by atoms with Gasteiger partial charge < -0.3 is 16.9 Å². The Kier molecular flexibility index (Phi) is 1.76. The summed E-state index contributed by atoms with van der Waals surface area (Å²) in [4.78, 5) is 0. The van der Waals surface area contributed by atoms with Gasteiger partial charge in [-0.25, -0.2) is 4.68 Å². The summed E-state index contributed by atoms with van der Waals surface area (Å²) in [6, 6.07) is 8.09. The van der Waals surface area contributed by atoms with Crippen LogP contribution >= 0.6 is 0 Å². The standard InChI is InChI=1S/C10H12N6/c11-10-15-14-9(16(10)12)7-5-13-8-4-2-1-3-6(7)8/h1-4,7,13H,5,12H2,(H2,11,15). The van der Waals surface area contributed by atoms with Crippen LogP contribution in [0.25, 0.3) is 0 Å². The summed E-state index contributed by atoms with van der Waals surface area (Å²) < 4.78 is 1.34.